The molecule has 1 fully saturated rings. The van der Waals surface area contributed by atoms with Crippen LogP contribution >= 0.6 is 0 Å². The van der Waals surface area contributed by atoms with Gasteiger partial charge in [-0.05, 0) is 18.6 Å². The van der Waals surface area contributed by atoms with Crippen LogP contribution in [-0.2, 0) is 0 Å². The second kappa shape index (κ2) is 7.02. The van der Waals surface area contributed by atoms with Crippen LogP contribution in [0.2, 0.25) is 0 Å². The highest BCUT2D eigenvalue weighted by atomic mass is 16.5. The lowest BCUT2D eigenvalue weighted by atomic mass is 10.1. The van der Waals surface area contributed by atoms with Crippen LogP contribution in [0.1, 0.15) is 12.0 Å². The molecule has 1 atom stereocenters. The van der Waals surface area contributed by atoms with Gasteiger partial charge in [0.25, 0.3) is 0 Å². The van der Waals surface area contributed by atoms with Crippen LogP contribution in [0.15, 0.2) is 35.5 Å². The van der Waals surface area contributed by atoms with Gasteiger partial charge in [-0.1, -0.05) is 12.1 Å². The molecule has 0 saturated carbocycles. The SMILES string of the molecule is CN1CC(N)=NC=C1c1cccc(OCCN2CCC(O)C2)c1. The van der Waals surface area contributed by atoms with E-state index in [1.165, 1.54) is 0 Å². The number of likely N-dealkylation sites (tertiary alicyclic amines) is 1. The third kappa shape index (κ3) is 4.03. The minimum absolute atomic E-state index is 0.180. The Kier molecular flexibility index (Phi) is 4.83. The van der Waals surface area contributed by atoms with Crippen LogP contribution < -0.4 is 10.5 Å². The lowest BCUT2D eigenvalue weighted by Crippen LogP contribution is -2.32. The third-order valence-electron chi connectivity index (χ3n) is 4.22. The Hall–Kier alpha value is -2.05. The van der Waals surface area contributed by atoms with E-state index in [0.29, 0.717) is 19.0 Å². The van der Waals surface area contributed by atoms with Gasteiger partial charge >= 0.3 is 0 Å². The molecule has 1 saturated heterocycles. The number of likely N-dealkylation sites (N-methyl/N-ethyl adjacent to an activating group) is 1. The molecule has 6 nitrogen and oxygen atoms in total. The summed E-state index contributed by atoms with van der Waals surface area (Å²) >= 11 is 0. The van der Waals surface area contributed by atoms with E-state index in [4.69, 9.17) is 10.5 Å². The maximum atomic E-state index is 9.53. The fourth-order valence-corrected chi connectivity index (χ4v) is 2.96. The van der Waals surface area contributed by atoms with Gasteiger partial charge in [0.05, 0.1) is 24.5 Å². The number of β-amino-alcohol motifs (C(OH)–C–C–N with tert-alkyl or cyclic N) is 1. The molecule has 0 aliphatic carbocycles. The smallest absolute Gasteiger partial charge is 0.120 e. The van der Waals surface area contributed by atoms with Crippen molar-refractivity contribution in [3.8, 4) is 5.75 Å². The van der Waals surface area contributed by atoms with Crippen LogP contribution in [-0.4, -0.2) is 66.7 Å². The van der Waals surface area contributed by atoms with E-state index in [0.717, 1.165) is 43.1 Å². The van der Waals surface area contributed by atoms with Crippen molar-refractivity contribution >= 4 is 11.5 Å². The molecule has 3 N–H and O–H groups in total. The molecule has 0 amide bonds. The maximum absolute atomic E-state index is 9.53. The molecular weight excluding hydrogens is 292 g/mol. The standard InChI is InChI=1S/C17H24N4O2/c1-20-12-17(18)19-10-16(20)13-3-2-4-15(9-13)23-8-7-21-6-5-14(22)11-21/h2-4,9-10,14,22H,5-8,11-12H2,1H3,(H2,18,19). The monoisotopic (exact) mass is 316 g/mol. The van der Waals surface area contributed by atoms with Crippen molar-refractivity contribution < 1.29 is 9.84 Å². The normalized spacial score (nSPS) is 22.0. The first-order valence-corrected chi connectivity index (χ1v) is 7.99. The number of ether oxygens (including phenoxy) is 1. The highest BCUT2D eigenvalue weighted by Gasteiger charge is 2.19. The van der Waals surface area contributed by atoms with Crippen molar-refractivity contribution in [3.05, 3.63) is 36.0 Å². The van der Waals surface area contributed by atoms with Crippen LogP contribution in [0.3, 0.4) is 0 Å². The summed E-state index contributed by atoms with van der Waals surface area (Å²) < 4.78 is 5.86. The Balaban J connectivity index is 1.59. The molecule has 1 unspecified atom stereocenters. The van der Waals surface area contributed by atoms with Gasteiger partial charge in [-0.15, -0.1) is 0 Å². The van der Waals surface area contributed by atoms with Crippen molar-refractivity contribution in [2.24, 2.45) is 10.7 Å². The minimum Gasteiger partial charge on any atom is -0.492 e. The molecule has 3 rings (SSSR count). The van der Waals surface area contributed by atoms with E-state index in [1.54, 1.807) is 6.20 Å². The van der Waals surface area contributed by atoms with Gasteiger partial charge in [-0.2, -0.15) is 0 Å². The van der Waals surface area contributed by atoms with Crippen LogP contribution in [0.4, 0.5) is 0 Å². The average Bonchev–Trinajstić information content (AvgIpc) is 2.93. The highest BCUT2D eigenvalue weighted by Crippen LogP contribution is 2.24. The summed E-state index contributed by atoms with van der Waals surface area (Å²) in [5.41, 5.74) is 7.85. The van der Waals surface area contributed by atoms with Gasteiger partial charge in [0.15, 0.2) is 0 Å². The number of hydrogen-bond acceptors (Lipinski definition) is 6. The van der Waals surface area contributed by atoms with Gasteiger partial charge in [0.2, 0.25) is 0 Å². The Bertz CT molecular complexity index is 614. The molecule has 0 radical (unpaired) electrons. The predicted molar refractivity (Wildman–Crippen MR) is 91.2 cm³/mol. The number of aliphatic hydroxyl groups excluding tert-OH is 1. The second-order valence-corrected chi connectivity index (χ2v) is 6.11. The summed E-state index contributed by atoms with van der Waals surface area (Å²) in [5.74, 6) is 1.47. The molecule has 0 spiro atoms. The van der Waals surface area contributed by atoms with Crippen molar-refractivity contribution in [1.82, 2.24) is 9.80 Å². The highest BCUT2D eigenvalue weighted by molar-refractivity contribution is 5.87. The number of amidine groups is 1. The van der Waals surface area contributed by atoms with E-state index < -0.39 is 0 Å². The summed E-state index contributed by atoms with van der Waals surface area (Å²) in [6.07, 6.45) is 2.48. The Morgan fingerprint density at radius 2 is 2.30 bits per heavy atom. The number of rotatable bonds is 5. The molecule has 0 aromatic heterocycles. The maximum Gasteiger partial charge on any atom is 0.120 e. The molecule has 23 heavy (non-hydrogen) atoms. The predicted octanol–water partition coefficient (Wildman–Crippen LogP) is 0.733. The van der Waals surface area contributed by atoms with E-state index in [1.807, 2.05) is 31.3 Å². The first kappa shape index (κ1) is 15.8. The van der Waals surface area contributed by atoms with E-state index in [9.17, 15) is 5.11 Å². The van der Waals surface area contributed by atoms with E-state index in [2.05, 4.69) is 14.8 Å². The summed E-state index contributed by atoms with van der Waals surface area (Å²) in [6, 6.07) is 8.02. The Morgan fingerprint density at radius 3 is 3.04 bits per heavy atom. The zero-order chi connectivity index (χ0) is 16.2. The minimum atomic E-state index is -0.180. The summed E-state index contributed by atoms with van der Waals surface area (Å²) in [5, 5.41) is 9.53. The number of aliphatic hydroxyl groups is 1. The third-order valence-corrected chi connectivity index (χ3v) is 4.22. The lowest BCUT2D eigenvalue weighted by molar-refractivity contribution is 0.167. The number of aliphatic imine (C=N–C) groups is 1. The van der Waals surface area contributed by atoms with Gasteiger partial charge in [0, 0.05) is 32.2 Å². The molecule has 2 aliphatic heterocycles. The van der Waals surface area contributed by atoms with Crippen molar-refractivity contribution in [2.45, 2.75) is 12.5 Å². The first-order chi connectivity index (χ1) is 11.1. The molecule has 1 aromatic rings. The quantitative estimate of drug-likeness (QED) is 0.838. The number of benzene rings is 1. The Labute approximate surface area is 136 Å². The van der Waals surface area contributed by atoms with Crippen molar-refractivity contribution in [3.63, 3.8) is 0 Å². The van der Waals surface area contributed by atoms with Gasteiger partial charge in [0.1, 0.15) is 18.2 Å². The second-order valence-electron chi connectivity index (χ2n) is 6.11. The van der Waals surface area contributed by atoms with Crippen molar-refractivity contribution in [2.75, 3.05) is 39.8 Å². The Morgan fingerprint density at radius 1 is 1.43 bits per heavy atom. The molecular formula is C17H24N4O2. The van der Waals surface area contributed by atoms with Gasteiger partial charge in [-0.25, -0.2) is 4.99 Å². The van der Waals surface area contributed by atoms with Crippen molar-refractivity contribution in [1.29, 1.82) is 0 Å². The van der Waals surface area contributed by atoms with Gasteiger partial charge < -0.3 is 20.5 Å². The molecule has 124 valence electrons. The number of hydrogen-bond donors (Lipinski definition) is 2. The zero-order valence-electron chi connectivity index (χ0n) is 13.5. The summed E-state index contributed by atoms with van der Waals surface area (Å²) in [7, 11) is 2.00. The number of nitrogens with two attached hydrogens (primary N) is 1. The van der Waals surface area contributed by atoms with Crippen LogP contribution in [0.5, 0.6) is 5.75 Å². The number of nitrogens with zero attached hydrogens (tertiary/aromatic N) is 3. The molecule has 2 aliphatic rings. The summed E-state index contributed by atoms with van der Waals surface area (Å²) in [4.78, 5) is 8.51. The first-order valence-electron chi connectivity index (χ1n) is 7.99. The van der Waals surface area contributed by atoms with Gasteiger partial charge in [-0.3, -0.25) is 4.90 Å². The topological polar surface area (TPSA) is 74.3 Å². The fraction of sp³-hybridized carbons (Fsp3) is 0.471. The molecule has 6 heteroatoms. The lowest BCUT2D eigenvalue weighted by Gasteiger charge is -2.25. The van der Waals surface area contributed by atoms with Crippen LogP contribution in [0, 0.1) is 0 Å². The van der Waals surface area contributed by atoms with E-state index in [-0.39, 0.29) is 6.10 Å². The average molecular weight is 316 g/mol. The van der Waals surface area contributed by atoms with E-state index >= 15 is 0 Å². The molecule has 0 bridgehead atoms. The summed E-state index contributed by atoms with van der Waals surface area (Å²) in [6.45, 7) is 3.79. The van der Waals surface area contributed by atoms with Crippen LogP contribution in [0.25, 0.3) is 5.70 Å². The fourth-order valence-electron chi connectivity index (χ4n) is 2.96. The zero-order valence-corrected chi connectivity index (χ0v) is 13.5. The largest absolute Gasteiger partial charge is 0.492 e. The molecule has 2 heterocycles. The molecule has 1 aromatic carbocycles.